The van der Waals surface area contributed by atoms with Gasteiger partial charge in [0.1, 0.15) is 9.79 Å². The van der Waals surface area contributed by atoms with Crippen LogP contribution in [0.1, 0.15) is 6.42 Å². The number of aromatic nitrogens is 2. The first-order chi connectivity index (χ1) is 9.24. The third kappa shape index (κ3) is 2.57. The molecular formula is C13H11ClN2O2S. The van der Waals surface area contributed by atoms with E-state index < -0.39 is 0 Å². The zero-order valence-electron chi connectivity index (χ0n) is 9.98. The van der Waals surface area contributed by atoms with E-state index >= 15 is 0 Å². The molecule has 0 atom stereocenters. The number of hydrogen-bond acceptors (Lipinski definition) is 4. The molecule has 19 heavy (non-hydrogen) atoms. The average Bonchev–Trinajstić information content (AvgIpc) is 2.66. The maximum absolute atomic E-state index is 5.89. The smallest absolute Gasteiger partial charge is 0.161 e. The van der Waals surface area contributed by atoms with Crippen molar-refractivity contribution in [3.8, 4) is 22.6 Å². The summed E-state index contributed by atoms with van der Waals surface area (Å²) in [5.41, 5.74) is 1.75. The van der Waals surface area contributed by atoms with Gasteiger partial charge in [-0.2, -0.15) is 5.10 Å². The first kappa shape index (κ1) is 12.4. The molecule has 0 amide bonds. The van der Waals surface area contributed by atoms with Crippen LogP contribution >= 0.6 is 23.8 Å². The highest BCUT2D eigenvalue weighted by atomic mass is 35.5. The van der Waals surface area contributed by atoms with Crippen molar-refractivity contribution in [1.82, 2.24) is 10.2 Å². The van der Waals surface area contributed by atoms with E-state index in [9.17, 15) is 0 Å². The predicted octanol–water partition coefficient (Wildman–Crippen LogP) is 3.62. The van der Waals surface area contributed by atoms with E-state index in [2.05, 4.69) is 10.2 Å². The third-order valence-corrected chi connectivity index (χ3v) is 3.34. The summed E-state index contributed by atoms with van der Waals surface area (Å²) in [4.78, 5) is 0. The Balaban J connectivity index is 2.08. The second-order valence-electron chi connectivity index (χ2n) is 4.15. The van der Waals surface area contributed by atoms with Gasteiger partial charge >= 0.3 is 0 Å². The third-order valence-electron chi connectivity index (χ3n) is 2.83. The highest BCUT2D eigenvalue weighted by Crippen LogP contribution is 2.34. The first-order valence-corrected chi connectivity index (χ1v) is 6.68. The van der Waals surface area contributed by atoms with Crippen molar-refractivity contribution in [2.24, 2.45) is 0 Å². The molecule has 1 aromatic carbocycles. The minimum absolute atomic E-state index is 0.371. The van der Waals surface area contributed by atoms with E-state index in [1.165, 1.54) is 0 Å². The van der Waals surface area contributed by atoms with Crippen LogP contribution < -0.4 is 9.47 Å². The largest absolute Gasteiger partial charge is 0.490 e. The van der Waals surface area contributed by atoms with Crippen molar-refractivity contribution >= 4 is 23.8 Å². The summed E-state index contributed by atoms with van der Waals surface area (Å²) in [7, 11) is 0. The normalized spacial score (nSPS) is 13.9. The number of H-pyrrole nitrogens is 1. The number of hydrogen-bond donors (Lipinski definition) is 1. The lowest BCUT2D eigenvalue weighted by Crippen LogP contribution is -1.97. The Labute approximate surface area is 120 Å². The van der Waals surface area contributed by atoms with E-state index in [-0.39, 0.29) is 0 Å². The van der Waals surface area contributed by atoms with Gasteiger partial charge in [0.25, 0.3) is 0 Å². The summed E-state index contributed by atoms with van der Waals surface area (Å²) in [6.45, 7) is 1.33. The molecule has 0 aliphatic carbocycles. The summed E-state index contributed by atoms with van der Waals surface area (Å²) >= 11 is 11.1. The van der Waals surface area contributed by atoms with Gasteiger partial charge in [-0.1, -0.05) is 29.9 Å². The molecule has 4 nitrogen and oxygen atoms in total. The standard InChI is InChI=1S/C13H11ClN2O2S/c14-12-7-9(13(19)16-15-12)8-2-3-10-11(6-8)18-5-1-4-17-10/h2-3,6-7H,1,4-5H2,(H,16,19). The van der Waals surface area contributed by atoms with Gasteiger partial charge in [0.05, 0.1) is 13.2 Å². The van der Waals surface area contributed by atoms with E-state index in [4.69, 9.17) is 33.3 Å². The molecule has 6 heteroatoms. The molecule has 0 fully saturated rings. The van der Waals surface area contributed by atoms with E-state index in [1.807, 2.05) is 18.2 Å². The average molecular weight is 295 g/mol. The minimum atomic E-state index is 0.371. The zero-order valence-corrected chi connectivity index (χ0v) is 11.6. The molecule has 1 aliphatic rings. The maximum Gasteiger partial charge on any atom is 0.161 e. The molecule has 1 N–H and O–H groups in total. The number of aromatic amines is 1. The highest BCUT2D eigenvalue weighted by Gasteiger charge is 2.12. The van der Waals surface area contributed by atoms with Gasteiger partial charge < -0.3 is 9.47 Å². The summed E-state index contributed by atoms with van der Waals surface area (Å²) < 4.78 is 11.8. The molecule has 0 bridgehead atoms. The Bertz CT molecular complexity index is 672. The van der Waals surface area contributed by atoms with Crippen molar-refractivity contribution in [3.05, 3.63) is 34.1 Å². The number of rotatable bonds is 1. The van der Waals surface area contributed by atoms with Gasteiger partial charge in [0.15, 0.2) is 11.5 Å². The zero-order chi connectivity index (χ0) is 13.2. The molecular weight excluding hydrogens is 284 g/mol. The molecule has 0 spiro atoms. The van der Waals surface area contributed by atoms with Crippen LogP contribution in [0.15, 0.2) is 24.3 Å². The van der Waals surface area contributed by atoms with Crippen LogP contribution in [-0.4, -0.2) is 23.4 Å². The Morgan fingerprint density at radius 2 is 1.95 bits per heavy atom. The highest BCUT2D eigenvalue weighted by molar-refractivity contribution is 7.71. The molecule has 3 rings (SSSR count). The van der Waals surface area contributed by atoms with Gasteiger partial charge in [-0.05, 0) is 23.8 Å². The minimum Gasteiger partial charge on any atom is -0.490 e. The number of benzene rings is 1. The monoisotopic (exact) mass is 294 g/mol. The molecule has 1 aliphatic heterocycles. The number of ether oxygens (including phenoxy) is 2. The Kier molecular flexibility index (Phi) is 3.40. The summed E-state index contributed by atoms with van der Waals surface area (Å²) in [5.74, 6) is 1.49. The van der Waals surface area contributed by atoms with Crippen molar-refractivity contribution in [2.75, 3.05) is 13.2 Å². The molecule has 0 saturated heterocycles. The lowest BCUT2D eigenvalue weighted by molar-refractivity contribution is 0.297. The van der Waals surface area contributed by atoms with Crippen LogP contribution in [0, 0.1) is 4.64 Å². The van der Waals surface area contributed by atoms with Crippen LogP contribution in [0.25, 0.3) is 11.1 Å². The fourth-order valence-corrected chi connectivity index (χ4v) is 2.30. The summed E-state index contributed by atoms with van der Waals surface area (Å²) in [6.07, 6.45) is 0.880. The van der Waals surface area contributed by atoms with Gasteiger partial charge in [-0.15, -0.1) is 0 Å². The lowest BCUT2D eigenvalue weighted by atomic mass is 10.1. The molecule has 0 radical (unpaired) electrons. The van der Waals surface area contributed by atoms with Crippen LogP contribution in [-0.2, 0) is 0 Å². The van der Waals surface area contributed by atoms with Crippen molar-refractivity contribution < 1.29 is 9.47 Å². The predicted molar refractivity (Wildman–Crippen MR) is 75.5 cm³/mol. The number of fused-ring (bicyclic) bond motifs is 1. The molecule has 0 saturated carbocycles. The fraction of sp³-hybridized carbons (Fsp3) is 0.231. The van der Waals surface area contributed by atoms with Gasteiger partial charge in [-0.25, -0.2) is 0 Å². The SMILES string of the molecule is S=c1[nH]nc(Cl)cc1-c1ccc2c(c1)OCCCO2. The van der Waals surface area contributed by atoms with Crippen molar-refractivity contribution in [3.63, 3.8) is 0 Å². The second-order valence-corrected chi connectivity index (χ2v) is 4.94. The second kappa shape index (κ2) is 5.19. The molecule has 0 unspecified atom stereocenters. The molecule has 98 valence electrons. The van der Waals surface area contributed by atoms with E-state index in [0.29, 0.717) is 23.0 Å². The van der Waals surface area contributed by atoms with Crippen LogP contribution in [0.4, 0.5) is 0 Å². The topological polar surface area (TPSA) is 47.1 Å². The number of halogens is 1. The maximum atomic E-state index is 5.89. The number of nitrogens with zero attached hydrogens (tertiary/aromatic N) is 1. The Morgan fingerprint density at radius 3 is 2.79 bits per heavy atom. The number of nitrogens with one attached hydrogen (secondary N) is 1. The summed E-state index contributed by atoms with van der Waals surface area (Å²) in [6, 6.07) is 7.47. The van der Waals surface area contributed by atoms with Crippen molar-refractivity contribution in [2.45, 2.75) is 6.42 Å². The van der Waals surface area contributed by atoms with Crippen LogP contribution in [0.3, 0.4) is 0 Å². The van der Waals surface area contributed by atoms with Crippen LogP contribution in [0.2, 0.25) is 5.15 Å². The van der Waals surface area contributed by atoms with Crippen molar-refractivity contribution in [1.29, 1.82) is 0 Å². The Morgan fingerprint density at radius 1 is 1.16 bits per heavy atom. The first-order valence-electron chi connectivity index (χ1n) is 5.89. The quantitative estimate of drug-likeness (QED) is 0.816. The fourth-order valence-electron chi connectivity index (χ4n) is 1.93. The Hall–Kier alpha value is -1.59. The molecule has 2 aromatic rings. The lowest BCUT2D eigenvalue weighted by Gasteiger charge is -2.09. The molecule has 1 aromatic heterocycles. The van der Waals surface area contributed by atoms with E-state index in [1.54, 1.807) is 6.07 Å². The summed E-state index contributed by atoms with van der Waals surface area (Å²) in [5, 5.41) is 6.94. The van der Waals surface area contributed by atoms with Crippen LogP contribution in [0.5, 0.6) is 11.5 Å². The van der Waals surface area contributed by atoms with Gasteiger partial charge in [0.2, 0.25) is 0 Å². The van der Waals surface area contributed by atoms with Gasteiger partial charge in [0, 0.05) is 12.0 Å². The molecule has 2 heterocycles. The van der Waals surface area contributed by atoms with E-state index in [0.717, 1.165) is 29.0 Å². The van der Waals surface area contributed by atoms with Gasteiger partial charge in [-0.3, -0.25) is 5.10 Å².